The molecule has 2 aromatic rings. The zero-order valence-corrected chi connectivity index (χ0v) is 16.0. The second-order valence-electron chi connectivity index (χ2n) is 7.58. The summed E-state index contributed by atoms with van der Waals surface area (Å²) < 4.78 is 11.3. The average Bonchev–Trinajstić information content (AvgIpc) is 3.37. The Morgan fingerprint density at radius 1 is 1.11 bits per heavy atom. The van der Waals surface area contributed by atoms with Crippen molar-refractivity contribution < 1.29 is 18.7 Å². The lowest BCUT2D eigenvalue weighted by Crippen LogP contribution is -2.44. The Morgan fingerprint density at radius 3 is 2.61 bits per heavy atom. The zero-order chi connectivity index (χ0) is 19.3. The van der Waals surface area contributed by atoms with E-state index in [0.29, 0.717) is 39.2 Å². The molecule has 0 radical (unpaired) electrons. The van der Waals surface area contributed by atoms with E-state index in [1.807, 2.05) is 35.2 Å². The molecule has 4 rings (SSSR count). The van der Waals surface area contributed by atoms with Crippen LogP contribution >= 0.6 is 0 Å². The van der Waals surface area contributed by atoms with Crippen LogP contribution in [0.25, 0.3) is 0 Å². The molecule has 2 aliphatic rings. The number of amides is 2. The molecule has 1 atom stereocenters. The van der Waals surface area contributed by atoms with E-state index in [4.69, 9.17) is 9.15 Å². The molecular formula is C22H26N2O4. The van der Waals surface area contributed by atoms with Crippen molar-refractivity contribution in [1.29, 1.82) is 0 Å². The van der Waals surface area contributed by atoms with E-state index in [0.717, 1.165) is 18.6 Å². The first-order valence-electron chi connectivity index (χ1n) is 9.93. The van der Waals surface area contributed by atoms with Crippen LogP contribution in [0.15, 0.2) is 53.1 Å². The van der Waals surface area contributed by atoms with Gasteiger partial charge in [-0.1, -0.05) is 30.3 Å². The van der Waals surface area contributed by atoms with Gasteiger partial charge in [0.2, 0.25) is 11.8 Å². The molecule has 1 aromatic carbocycles. The molecule has 0 bridgehead atoms. The van der Waals surface area contributed by atoms with E-state index >= 15 is 0 Å². The van der Waals surface area contributed by atoms with Gasteiger partial charge in [0.25, 0.3) is 0 Å². The van der Waals surface area contributed by atoms with E-state index in [2.05, 4.69) is 12.1 Å². The van der Waals surface area contributed by atoms with Gasteiger partial charge in [-0.25, -0.2) is 0 Å². The summed E-state index contributed by atoms with van der Waals surface area (Å²) in [5.74, 6) is 0.620. The number of hydrogen-bond acceptors (Lipinski definition) is 4. The summed E-state index contributed by atoms with van der Waals surface area (Å²) in [6.07, 6.45) is 3.77. The highest BCUT2D eigenvalue weighted by atomic mass is 16.5. The second-order valence-corrected chi connectivity index (χ2v) is 7.58. The van der Waals surface area contributed by atoms with Crippen molar-refractivity contribution >= 4 is 11.8 Å². The molecule has 148 valence electrons. The van der Waals surface area contributed by atoms with Crippen molar-refractivity contribution in [2.75, 3.05) is 19.6 Å². The van der Waals surface area contributed by atoms with Crippen molar-refractivity contribution in [3.05, 3.63) is 60.1 Å². The van der Waals surface area contributed by atoms with Gasteiger partial charge in [0.15, 0.2) is 0 Å². The van der Waals surface area contributed by atoms with Crippen LogP contribution in [0.2, 0.25) is 0 Å². The Hall–Kier alpha value is -2.60. The highest BCUT2D eigenvalue weighted by Gasteiger charge is 2.37. The van der Waals surface area contributed by atoms with Crippen LogP contribution in [-0.2, 0) is 27.5 Å². The SMILES string of the molecule is O=C1CC(C(=O)N2CCC(OCc3ccccc3)CC2)CN1Cc1ccco1. The molecule has 0 aliphatic carbocycles. The minimum atomic E-state index is -0.246. The van der Waals surface area contributed by atoms with E-state index in [9.17, 15) is 9.59 Å². The van der Waals surface area contributed by atoms with Crippen LogP contribution in [0, 0.1) is 5.92 Å². The summed E-state index contributed by atoms with van der Waals surface area (Å²) in [5, 5.41) is 0. The monoisotopic (exact) mass is 382 g/mol. The average molecular weight is 382 g/mol. The number of nitrogens with zero attached hydrogens (tertiary/aromatic N) is 2. The van der Waals surface area contributed by atoms with Gasteiger partial charge in [0.1, 0.15) is 5.76 Å². The minimum Gasteiger partial charge on any atom is -0.467 e. The number of carbonyl (C=O) groups excluding carboxylic acids is 2. The molecule has 2 aliphatic heterocycles. The Morgan fingerprint density at radius 2 is 1.89 bits per heavy atom. The maximum Gasteiger partial charge on any atom is 0.227 e. The maximum absolute atomic E-state index is 12.9. The predicted molar refractivity (Wildman–Crippen MR) is 103 cm³/mol. The molecule has 6 nitrogen and oxygen atoms in total. The summed E-state index contributed by atoms with van der Waals surface area (Å²) in [7, 11) is 0. The minimum absolute atomic E-state index is 0.0239. The molecule has 6 heteroatoms. The third-order valence-electron chi connectivity index (χ3n) is 5.57. The lowest BCUT2D eigenvalue weighted by molar-refractivity contribution is -0.138. The Kier molecular flexibility index (Phi) is 5.76. The predicted octanol–water partition coefficient (Wildman–Crippen LogP) is 2.84. The van der Waals surface area contributed by atoms with Crippen LogP contribution in [0.4, 0.5) is 0 Å². The first-order valence-corrected chi connectivity index (χ1v) is 9.93. The number of benzene rings is 1. The van der Waals surface area contributed by atoms with Crippen molar-refractivity contribution in [2.24, 2.45) is 5.92 Å². The van der Waals surface area contributed by atoms with Gasteiger partial charge in [0.05, 0.1) is 31.4 Å². The van der Waals surface area contributed by atoms with Gasteiger partial charge in [-0.15, -0.1) is 0 Å². The Balaban J connectivity index is 1.23. The molecule has 0 saturated carbocycles. The Bertz CT molecular complexity index is 782. The maximum atomic E-state index is 12.9. The van der Waals surface area contributed by atoms with E-state index in [1.54, 1.807) is 11.2 Å². The molecule has 2 amide bonds. The number of ether oxygens (including phenoxy) is 1. The quantitative estimate of drug-likeness (QED) is 0.771. The first kappa shape index (κ1) is 18.7. The molecule has 28 heavy (non-hydrogen) atoms. The number of rotatable bonds is 6. The highest BCUT2D eigenvalue weighted by Crippen LogP contribution is 2.24. The lowest BCUT2D eigenvalue weighted by atomic mass is 10.0. The zero-order valence-electron chi connectivity index (χ0n) is 16.0. The molecule has 2 fully saturated rings. The third kappa shape index (κ3) is 4.44. The summed E-state index contributed by atoms with van der Waals surface area (Å²) in [5.41, 5.74) is 1.17. The fourth-order valence-corrected chi connectivity index (χ4v) is 3.97. The molecular weight excluding hydrogens is 356 g/mol. The standard InChI is InChI=1S/C22H26N2O4/c25-21-13-18(14-24(21)15-20-7-4-12-27-20)22(26)23-10-8-19(9-11-23)28-16-17-5-2-1-3-6-17/h1-7,12,18-19H,8-11,13-16H2. The summed E-state index contributed by atoms with van der Waals surface area (Å²) in [6, 6.07) is 13.8. The molecule has 3 heterocycles. The number of piperidine rings is 1. The molecule has 1 unspecified atom stereocenters. The van der Waals surface area contributed by atoms with Crippen molar-refractivity contribution in [1.82, 2.24) is 9.80 Å². The van der Waals surface area contributed by atoms with Gasteiger partial charge < -0.3 is 19.0 Å². The smallest absolute Gasteiger partial charge is 0.227 e. The fraction of sp³-hybridized carbons (Fsp3) is 0.455. The van der Waals surface area contributed by atoms with E-state index < -0.39 is 0 Å². The van der Waals surface area contributed by atoms with Crippen LogP contribution in [-0.4, -0.2) is 47.4 Å². The topological polar surface area (TPSA) is 63.0 Å². The lowest BCUT2D eigenvalue weighted by Gasteiger charge is -2.33. The van der Waals surface area contributed by atoms with Gasteiger partial charge in [0, 0.05) is 26.1 Å². The summed E-state index contributed by atoms with van der Waals surface area (Å²) >= 11 is 0. The number of furan rings is 1. The van der Waals surface area contributed by atoms with Gasteiger partial charge in [-0.05, 0) is 30.5 Å². The van der Waals surface area contributed by atoms with Crippen LogP contribution in [0.3, 0.4) is 0 Å². The largest absolute Gasteiger partial charge is 0.467 e. The molecule has 1 aromatic heterocycles. The normalized spacial score (nSPS) is 20.7. The number of hydrogen-bond donors (Lipinski definition) is 0. The molecule has 0 spiro atoms. The van der Waals surface area contributed by atoms with E-state index in [-0.39, 0.29) is 23.8 Å². The van der Waals surface area contributed by atoms with Gasteiger partial charge in [-0.2, -0.15) is 0 Å². The molecule has 2 saturated heterocycles. The van der Waals surface area contributed by atoms with Crippen LogP contribution < -0.4 is 0 Å². The molecule has 0 N–H and O–H groups in total. The third-order valence-corrected chi connectivity index (χ3v) is 5.57. The Labute approximate surface area is 165 Å². The van der Waals surface area contributed by atoms with Crippen molar-refractivity contribution in [3.63, 3.8) is 0 Å². The fourth-order valence-electron chi connectivity index (χ4n) is 3.97. The first-order chi connectivity index (χ1) is 13.7. The van der Waals surface area contributed by atoms with Crippen molar-refractivity contribution in [2.45, 2.75) is 38.5 Å². The summed E-state index contributed by atoms with van der Waals surface area (Å²) in [4.78, 5) is 28.7. The number of carbonyl (C=O) groups is 2. The second kappa shape index (κ2) is 8.61. The highest BCUT2D eigenvalue weighted by molar-refractivity contribution is 5.89. The van der Waals surface area contributed by atoms with Crippen LogP contribution in [0.5, 0.6) is 0 Å². The van der Waals surface area contributed by atoms with E-state index in [1.165, 1.54) is 5.56 Å². The van der Waals surface area contributed by atoms with Gasteiger partial charge in [-0.3, -0.25) is 9.59 Å². The van der Waals surface area contributed by atoms with Crippen molar-refractivity contribution in [3.8, 4) is 0 Å². The van der Waals surface area contributed by atoms with Gasteiger partial charge >= 0.3 is 0 Å². The van der Waals surface area contributed by atoms with Crippen LogP contribution in [0.1, 0.15) is 30.6 Å². The summed E-state index contributed by atoms with van der Waals surface area (Å²) in [6.45, 7) is 2.91. The number of likely N-dealkylation sites (tertiary alicyclic amines) is 2.